The molecule has 0 spiro atoms. The van der Waals surface area contributed by atoms with Crippen LogP contribution in [0.15, 0.2) is 18.2 Å². The van der Waals surface area contributed by atoms with Gasteiger partial charge in [-0.1, -0.05) is 18.9 Å². The van der Waals surface area contributed by atoms with Crippen LogP contribution in [0.2, 0.25) is 0 Å². The molecular formula is C20H27N5O2. The Kier molecular flexibility index (Phi) is 5.01. The number of carbonyl (C=O) groups excluding carboxylic acids is 2. The zero-order valence-corrected chi connectivity index (χ0v) is 15.8. The van der Waals surface area contributed by atoms with Gasteiger partial charge in [-0.2, -0.15) is 0 Å². The minimum Gasteiger partial charge on any atom is -0.342 e. The number of aromatic nitrogens is 2. The minimum atomic E-state index is 0.0223. The summed E-state index contributed by atoms with van der Waals surface area (Å²) >= 11 is 0. The third-order valence-corrected chi connectivity index (χ3v) is 5.62. The molecule has 4 rings (SSSR count). The summed E-state index contributed by atoms with van der Waals surface area (Å²) in [6, 6.07) is 6.27. The number of piperazine rings is 1. The number of H-pyrrole nitrogens is 1. The van der Waals surface area contributed by atoms with E-state index in [1.807, 2.05) is 34.9 Å². The summed E-state index contributed by atoms with van der Waals surface area (Å²) < 4.78 is 0. The van der Waals surface area contributed by atoms with Crippen molar-refractivity contribution in [3.63, 3.8) is 0 Å². The summed E-state index contributed by atoms with van der Waals surface area (Å²) in [5, 5.41) is 3.13. The average molecular weight is 369 g/mol. The molecule has 0 unspecified atom stereocenters. The van der Waals surface area contributed by atoms with Gasteiger partial charge in [0.15, 0.2) is 0 Å². The Labute approximate surface area is 159 Å². The number of hydrogen-bond acceptors (Lipinski definition) is 3. The molecule has 0 atom stereocenters. The second kappa shape index (κ2) is 7.58. The number of urea groups is 1. The van der Waals surface area contributed by atoms with Crippen LogP contribution in [0, 0.1) is 6.92 Å². The number of nitrogens with one attached hydrogen (secondary N) is 2. The van der Waals surface area contributed by atoms with Crippen molar-refractivity contribution in [3.8, 4) is 0 Å². The van der Waals surface area contributed by atoms with Crippen molar-refractivity contribution in [2.45, 2.75) is 45.1 Å². The lowest BCUT2D eigenvalue weighted by Gasteiger charge is -2.35. The lowest BCUT2D eigenvalue weighted by atomic mass is 10.1. The van der Waals surface area contributed by atoms with Gasteiger partial charge in [0.2, 0.25) is 5.91 Å². The predicted molar refractivity (Wildman–Crippen MR) is 103 cm³/mol. The maximum atomic E-state index is 12.6. The molecule has 2 heterocycles. The highest BCUT2D eigenvalue weighted by molar-refractivity contribution is 5.82. The standard InChI is InChI=1S/C20H27N5O2/c1-14-21-17-7-6-15(12-18(17)22-14)13-19(26)24-8-10-25(11-9-24)20(27)23-16-4-2-3-5-16/h6-7,12,16H,2-5,8-11,13H2,1H3,(H,21,22)(H,23,27). The Morgan fingerprint density at radius 1 is 1.15 bits per heavy atom. The van der Waals surface area contributed by atoms with E-state index < -0.39 is 0 Å². The fraction of sp³-hybridized carbons (Fsp3) is 0.550. The zero-order chi connectivity index (χ0) is 18.8. The highest BCUT2D eigenvalue weighted by Crippen LogP contribution is 2.18. The Hall–Kier alpha value is -2.57. The van der Waals surface area contributed by atoms with Gasteiger partial charge in [0.1, 0.15) is 5.82 Å². The van der Waals surface area contributed by atoms with Crippen LogP contribution in [0.3, 0.4) is 0 Å². The van der Waals surface area contributed by atoms with Gasteiger partial charge in [-0.3, -0.25) is 4.79 Å². The summed E-state index contributed by atoms with van der Waals surface area (Å²) in [6.45, 7) is 4.32. The smallest absolute Gasteiger partial charge is 0.317 e. The molecule has 1 saturated carbocycles. The molecule has 0 bridgehead atoms. The van der Waals surface area contributed by atoms with E-state index in [2.05, 4.69) is 15.3 Å². The second-order valence-corrected chi connectivity index (χ2v) is 7.65. The molecule has 2 aliphatic rings. The number of nitrogens with zero attached hydrogens (tertiary/aromatic N) is 3. The number of imidazole rings is 1. The van der Waals surface area contributed by atoms with Gasteiger partial charge >= 0.3 is 6.03 Å². The van der Waals surface area contributed by atoms with Gasteiger partial charge in [0.05, 0.1) is 17.5 Å². The van der Waals surface area contributed by atoms with Crippen molar-refractivity contribution in [2.75, 3.05) is 26.2 Å². The topological polar surface area (TPSA) is 81.3 Å². The molecule has 2 aromatic rings. The van der Waals surface area contributed by atoms with Crippen molar-refractivity contribution in [1.29, 1.82) is 0 Å². The number of benzene rings is 1. The van der Waals surface area contributed by atoms with Crippen LogP contribution in [0.1, 0.15) is 37.1 Å². The largest absolute Gasteiger partial charge is 0.342 e. The molecule has 0 radical (unpaired) electrons. The molecule has 2 N–H and O–H groups in total. The normalized spacial score (nSPS) is 18.3. The lowest BCUT2D eigenvalue weighted by Crippen LogP contribution is -2.54. The number of aryl methyl sites for hydroxylation is 1. The van der Waals surface area contributed by atoms with E-state index in [-0.39, 0.29) is 11.9 Å². The minimum absolute atomic E-state index is 0.0223. The van der Waals surface area contributed by atoms with Crippen LogP contribution in [0.4, 0.5) is 4.79 Å². The second-order valence-electron chi connectivity index (χ2n) is 7.65. The van der Waals surface area contributed by atoms with E-state index in [0.717, 1.165) is 35.3 Å². The van der Waals surface area contributed by atoms with E-state index >= 15 is 0 Å². The molecule has 27 heavy (non-hydrogen) atoms. The molecule has 1 aromatic carbocycles. The number of rotatable bonds is 3. The molecule has 7 nitrogen and oxygen atoms in total. The van der Waals surface area contributed by atoms with Crippen LogP contribution in [-0.4, -0.2) is 63.9 Å². The van der Waals surface area contributed by atoms with Gasteiger partial charge in [-0.15, -0.1) is 0 Å². The Bertz CT molecular complexity index is 832. The summed E-state index contributed by atoms with van der Waals surface area (Å²) in [4.78, 5) is 36.3. The van der Waals surface area contributed by atoms with Crippen molar-refractivity contribution < 1.29 is 9.59 Å². The van der Waals surface area contributed by atoms with E-state index in [1.54, 1.807) is 0 Å². The first-order valence-electron chi connectivity index (χ1n) is 9.87. The van der Waals surface area contributed by atoms with E-state index in [0.29, 0.717) is 38.6 Å². The van der Waals surface area contributed by atoms with E-state index in [1.165, 1.54) is 12.8 Å². The number of carbonyl (C=O) groups is 2. The molecule has 1 aromatic heterocycles. The maximum absolute atomic E-state index is 12.6. The zero-order valence-electron chi connectivity index (χ0n) is 15.8. The summed E-state index contributed by atoms with van der Waals surface area (Å²) in [5.74, 6) is 0.988. The van der Waals surface area contributed by atoms with Gasteiger partial charge in [0, 0.05) is 32.2 Å². The Balaban J connectivity index is 1.29. The third kappa shape index (κ3) is 4.07. The first-order chi connectivity index (χ1) is 13.1. The maximum Gasteiger partial charge on any atom is 0.317 e. The Morgan fingerprint density at radius 3 is 2.59 bits per heavy atom. The predicted octanol–water partition coefficient (Wildman–Crippen LogP) is 2.21. The quantitative estimate of drug-likeness (QED) is 0.870. The van der Waals surface area contributed by atoms with Crippen LogP contribution < -0.4 is 5.32 Å². The van der Waals surface area contributed by atoms with Gasteiger partial charge in [0.25, 0.3) is 0 Å². The molecule has 2 fully saturated rings. The van der Waals surface area contributed by atoms with E-state index in [9.17, 15) is 9.59 Å². The van der Waals surface area contributed by atoms with Gasteiger partial charge < -0.3 is 20.1 Å². The van der Waals surface area contributed by atoms with Gasteiger partial charge in [-0.25, -0.2) is 9.78 Å². The Morgan fingerprint density at radius 2 is 1.85 bits per heavy atom. The molecule has 1 aliphatic heterocycles. The average Bonchev–Trinajstić information content (AvgIpc) is 3.30. The molecular weight excluding hydrogens is 342 g/mol. The first-order valence-corrected chi connectivity index (χ1v) is 9.87. The van der Waals surface area contributed by atoms with Crippen LogP contribution in [-0.2, 0) is 11.2 Å². The molecule has 1 aliphatic carbocycles. The highest BCUT2D eigenvalue weighted by atomic mass is 16.2. The first kappa shape index (κ1) is 17.8. The molecule has 3 amide bonds. The fourth-order valence-corrected chi connectivity index (χ4v) is 4.08. The molecule has 1 saturated heterocycles. The third-order valence-electron chi connectivity index (χ3n) is 5.62. The van der Waals surface area contributed by atoms with E-state index in [4.69, 9.17) is 0 Å². The number of fused-ring (bicyclic) bond motifs is 1. The van der Waals surface area contributed by atoms with Crippen molar-refractivity contribution >= 4 is 23.0 Å². The molecule has 144 valence electrons. The number of amides is 3. The van der Waals surface area contributed by atoms with Crippen molar-refractivity contribution in [2.24, 2.45) is 0 Å². The summed E-state index contributed by atoms with van der Waals surface area (Å²) in [5.41, 5.74) is 2.87. The van der Waals surface area contributed by atoms with Crippen molar-refractivity contribution in [3.05, 3.63) is 29.6 Å². The lowest BCUT2D eigenvalue weighted by molar-refractivity contribution is -0.131. The summed E-state index contributed by atoms with van der Waals surface area (Å²) in [7, 11) is 0. The summed E-state index contributed by atoms with van der Waals surface area (Å²) in [6.07, 6.45) is 4.96. The molecule has 7 heteroatoms. The van der Waals surface area contributed by atoms with Crippen LogP contribution in [0.25, 0.3) is 11.0 Å². The van der Waals surface area contributed by atoms with Crippen molar-refractivity contribution in [1.82, 2.24) is 25.1 Å². The monoisotopic (exact) mass is 369 g/mol. The fourth-order valence-electron chi connectivity index (χ4n) is 4.08. The number of hydrogen-bond donors (Lipinski definition) is 2. The van der Waals surface area contributed by atoms with Crippen LogP contribution in [0.5, 0.6) is 0 Å². The SMILES string of the molecule is Cc1nc2ccc(CC(=O)N3CCN(C(=O)NC4CCCC4)CC3)cc2[nH]1. The number of aromatic amines is 1. The highest BCUT2D eigenvalue weighted by Gasteiger charge is 2.26. The van der Waals surface area contributed by atoms with Crippen LogP contribution >= 0.6 is 0 Å². The van der Waals surface area contributed by atoms with Gasteiger partial charge in [-0.05, 0) is 37.5 Å².